The summed E-state index contributed by atoms with van der Waals surface area (Å²) < 4.78 is 0. The van der Waals surface area contributed by atoms with Crippen LogP contribution in [0.4, 0.5) is 0 Å². The summed E-state index contributed by atoms with van der Waals surface area (Å²) in [7, 11) is 0. The number of thiocarbonyl (C=S) groups is 1. The number of carbonyl (C=O) groups excluding carboxylic acids is 1. The Kier molecular flexibility index (Phi) is 6.39. The van der Waals surface area contributed by atoms with Crippen molar-refractivity contribution < 1.29 is 4.79 Å². The molecule has 0 aromatic heterocycles. The van der Waals surface area contributed by atoms with Crippen LogP contribution >= 0.6 is 12.2 Å². The molecule has 0 aliphatic heterocycles. The molecule has 0 unspecified atom stereocenters. The Morgan fingerprint density at radius 3 is 2.70 bits per heavy atom. The summed E-state index contributed by atoms with van der Waals surface area (Å²) in [5.41, 5.74) is 7.65. The summed E-state index contributed by atoms with van der Waals surface area (Å²) in [4.78, 5) is 12.0. The summed E-state index contributed by atoms with van der Waals surface area (Å²) in [6, 6.07) is 8.28. The van der Waals surface area contributed by atoms with Crippen LogP contribution in [0.25, 0.3) is 0 Å². The standard InChI is InChI=1S/C18H27N3OS/c1-12-8-6-10-16(14(12)3)19-18(23)21-20-17(22)11-15-9-5-4-7-13(15)2/h4-5,7,9,12,14,16H,6,8,10-11H2,1-3H3,(H,20,22)(H2,19,21,23)/t12-,14-,16-/m0/s1. The highest BCUT2D eigenvalue weighted by Gasteiger charge is 2.27. The van der Waals surface area contributed by atoms with Gasteiger partial charge in [-0.25, -0.2) is 0 Å². The quantitative estimate of drug-likeness (QED) is 0.588. The first-order chi connectivity index (χ1) is 11.0. The van der Waals surface area contributed by atoms with E-state index in [-0.39, 0.29) is 5.91 Å². The summed E-state index contributed by atoms with van der Waals surface area (Å²) >= 11 is 5.30. The molecule has 5 heteroatoms. The predicted molar refractivity (Wildman–Crippen MR) is 97.9 cm³/mol. The van der Waals surface area contributed by atoms with Gasteiger partial charge in [0, 0.05) is 6.04 Å². The minimum absolute atomic E-state index is 0.0893. The van der Waals surface area contributed by atoms with Crippen LogP contribution in [0.5, 0.6) is 0 Å². The van der Waals surface area contributed by atoms with Gasteiger partial charge in [0.2, 0.25) is 5.91 Å². The molecule has 4 nitrogen and oxygen atoms in total. The molecule has 0 bridgehead atoms. The van der Waals surface area contributed by atoms with Crippen molar-refractivity contribution in [1.29, 1.82) is 0 Å². The van der Waals surface area contributed by atoms with Crippen molar-refractivity contribution in [3.8, 4) is 0 Å². The fourth-order valence-corrected chi connectivity index (χ4v) is 3.34. The molecule has 1 aromatic carbocycles. The van der Waals surface area contributed by atoms with Gasteiger partial charge in [0.05, 0.1) is 6.42 Å². The lowest BCUT2D eigenvalue weighted by Crippen LogP contribution is -2.52. The Morgan fingerprint density at radius 1 is 1.22 bits per heavy atom. The van der Waals surface area contributed by atoms with Gasteiger partial charge < -0.3 is 5.32 Å². The Bertz CT molecular complexity index is 561. The molecule has 1 saturated carbocycles. The van der Waals surface area contributed by atoms with Gasteiger partial charge in [0.15, 0.2) is 5.11 Å². The zero-order chi connectivity index (χ0) is 16.8. The van der Waals surface area contributed by atoms with E-state index in [1.165, 1.54) is 12.8 Å². The zero-order valence-corrected chi connectivity index (χ0v) is 15.0. The molecule has 0 radical (unpaired) electrons. The molecule has 126 valence electrons. The van der Waals surface area contributed by atoms with E-state index in [2.05, 4.69) is 30.0 Å². The first kappa shape index (κ1) is 17.7. The van der Waals surface area contributed by atoms with Gasteiger partial charge in [-0.05, 0) is 48.5 Å². The van der Waals surface area contributed by atoms with Crippen LogP contribution in [-0.2, 0) is 11.2 Å². The lowest BCUT2D eigenvalue weighted by atomic mass is 9.78. The molecular formula is C18H27N3OS. The second-order valence-electron chi connectivity index (χ2n) is 6.62. The van der Waals surface area contributed by atoms with E-state index in [0.29, 0.717) is 29.4 Å². The highest BCUT2D eigenvalue weighted by molar-refractivity contribution is 7.80. The monoisotopic (exact) mass is 333 g/mol. The average Bonchev–Trinajstić information content (AvgIpc) is 2.52. The number of nitrogens with one attached hydrogen (secondary N) is 3. The average molecular weight is 334 g/mol. The van der Waals surface area contributed by atoms with Gasteiger partial charge in [0.1, 0.15) is 0 Å². The molecule has 1 aliphatic carbocycles. The highest BCUT2D eigenvalue weighted by atomic mass is 32.1. The third-order valence-electron chi connectivity index (χ3n) is 4.95. The lowest BCUT2D eigenvalue weighted by Gasteiger charge is -2.35. The molecular weight excluding hydrogens is 306 g/mol. The Balaban J connectivity index is 1.76. The Morgan fingerprint density at radius 2 is 1.96 bits per heavy atom. The van der Waals surface area contributed by atoms with Crippen LogP contribution in [0.2, 0.25) is 0 Å². The van der Waals surface area contributed by atoms with Gasteiger partial charge in [-0.1, -0.05) is 51.0 Å². The number of benzene rings is 1. The molecule has 0 spiro atoms. The van der Waals surface area contributed by atoms with E-state index in [1.807, 2.05) is 31.2 Å². The molecule has 1 aliphatic rings. The molecule has 1 aromatic rings. The number of hydrazine groups is 1. The first-order valence-corrected chi connectivity index (χ1v) is 8.78. The number of carbonyl (C=O) groups is 1. The molecule has 3 N–H and O–H groups in total. The molecule has 1 fully saturated rings. The largest absolute Gasteiger partial charge is 0.358 e. The van der Waals surface area contributed by atoms with Crippen LogP contribution in [0, 0.1) is 18.8 Å². The van der Waals surface area contributed by atoms with Crippen LogP contribution < -0.4 is 16.2 Å². The summed E-state index contributed by atoms with van der Waals surface area (Å²) in [5, 5.41) is 3.83. The van der Waals surface area contributed by atoms with E-state index in [9.17, 15) is 4.79 Å². The normalized spacial score (nSPS) is 23.9. The first-order valence-electron chi connectivity index (χ1n) is 8.37. The van der Waals surface area contributed by atoms with Gasteiger partial charge in [-0.15, -0.1) is 0 Å². The predicted octanol–water partition coefficient (Wildman–Crippen LogP) is 2.86. The molecule has 23 heavy (non-hydrogen) atoms. The Hall–Kier alpha value is -1.62. The Labute approximate surface area is 144 Å². The maximum Gasteiger partial charge on any atom is 0.242 e. The van der Waals surface area contributed by atoms with Crippen LogP contribution in [0.15, 0.2) is 24.3 Å². The van der Waals surface area contributed by atoms with E-state index in [4.69, 9.17) is 12.2 Å². The zero-order valence-electron chi connectivity index (χ0n) is 14.2. The van der Waals surface area contributed by atoms with Crippen molar-refractivity contribution in [1.82, 2.24) is 16.2 Å². The van der Waals surface area contributed by atoms with Crippen molar-refractivity contribution in [2.75, 3.05) is 0 Å². The smallest absolute Gasteiger partial charge is 0.242 e. The number of hydrogen-bond donors (Lipinski definition) is 3. The molecule has 0 heterocycles. The second kappa shape index (κ2) is 8.29. The SMILES string of the molecule is Cc1ccccc1CC(=O)NNC(=S)N[C@H]1CCC[C@H](C)[C@@H]1C. The number of hydrogen-bond acceptors (Lipinski definition) is 2. The molecule has 3 atom stereocenters. The van der Waals surface area contributed by atoms with Crippen LogP contribution in [0.3, 0.4) is 0 Å². The maximum atomic E-state index is 12.0. The van der Waals surface area contributed by atoms with E-state index >= 15 is 0 Å². The van der Waals surface area contributed by atoms with E-state index < -0.39 is 0 Å². The van der Waals surface area contributed by atoms with Gasteiger partial charge >= 0.3 is 0 Å². The summed E-state index contributed by atoms with van der Waals surface area (Å²) in [6.45, 7) is 6.56. The molecule has 1 amide bonds. The number of aryl methyl sites for hydroxylation is 1. The topological polar surface area (TPSA) is 53.2 Å². The van der Waals surface area contributed by atoms with Crippen molar-refractivity contribution in [2.45, 2.75) is 52.5 Å². The van der Waals surface area contributed by atoms with Crippen molar-refractivity contribution >= 4 is 23.2 Å². The van der Waals surface area contributed by atoms with Gasteiger partial charge in [0.25, 0.3) is 0 Å². The second-order valence-corrected chi connectivity index (χ2v) is 7.03. The lowest BCUT2D eigenvalue weighted by molar-refractivity contribution is -0.121. The minimum atomic E-state index is -0.0893. The molecule has 2 rings (SSSR count). The van der Waals surface area contributed by atoms with Crippen LogP contribution in [0.1, 0.15) is 44.2 Å². The fraction of sp³-hybridized carbons (Fsp3) is 0.556. The number of amides is 1. The van der Waals surface area contributed by atoms with Gasteiger partial charge in [-0.3, -0.25) is 15.6 Å². The third-order valence-corrected chi connectivity index (χ3v) is 5.17. The van der Waals surface area contributed by atoms with Gasteiger partial charge in [-0.2, -0.15) is 0 Å². The summed E-state index contributed by atoms with van der Waals surface area (Å²) in [6.07, 6.45) is 3.99. The maximum absolute atomic E-state index is 12.0. The fourth-order valence-electron chi connectivity index (χ4n) is 3.14. The van der Waals surface area contributed by atoms with E-state index in [0.717, 1.165) is 17.5 Å². The minimum Gasteiger partial charge on any atom is -0.358 e. The van der Waals surface area contributed by atoms with Crippen molar-refractivity contribution in [3.63, 3.8) is 0 Å². The van der Waals surface area contributed by atoms with E-state index in [1.54, 1.807) is 0 Å². The highest BCUT2D eigenvalue weighted by Crippen LogP contribution is 2.29. The number of rotatable bonds is 3. The third kappa shape index (κ3) is 5.20. The molecule has 0 saturated heterocycles. The van der Waals surface area contributed by atoms with Crippen molar-refractivity contribution in [3.05, 3.63) is 35.4 Å². The summed E-state index contributed by atoms with van der Waals surface area (Å²) in [5.74, 6) is 1.21. The van der Waals surface area contributed by atoms with Crippen molar-refractivity contribution in [2.24, 2.45) is 11.8 Å². The van der Waals surface area contributed by atoms with Crippen LogP contribution in [-0.4, -0.2) is 17.1 Å².